The van der Waals surface area contributed by atoms with Crippen LogP contribution in [0.5, 0.6) is 0 Å². The SMILES string of the molecule is CN1CCc2nc(C(=O)N[C@@H]3C[C@@H](C(=O)N(C)C)CC[C@@H]3NS(=O)(=O)Nc3ccc(Cl)cc3)sc2C1. The van der Waals surface area contributed by atoms with Crippen molar-refractivity contribution < 1.29 is 18.0 Å². The van der Waals surface area contributed by atoms with Gasteiger partial charge in [-0.15, -0.1) is 11.3 Å². The first-order valence-electron chi connectivity index (χ1n) is 11.8. The Morgan fingerprint density at radius 1 is 1.17 bits per heavy atom. The number of anilines is 1. The monoisotopic (exact) mass is 554 g/mol. The first kappa shape index (κ1) is 26.8. The molecular formula is C23H31ClN6O4S2. The second-order valence-corrected chi connectivity index (χ2v) is 12.5. The van der Waals surface area contributed by atoms with Gasteiger partial charge in [-0.3, -0.25) is 14.3 Å². The quantitative estimate of drug-likeness (QED) is 0.481. The van der Waals surface area contributed by atoms with Gasteiger partial charge in [0.15, 0.2) is 5.01 Å². The normalized spacial score (nSPS) is 22.5. The van der Waals surface area contributed by atoms with Crippen molar-refractivity contribution in [2.75, 3.05) is 32.4 Å². The molecule has 4 rings (SSSR count). The second-order valence-electron chi connectivity index (χ2n) is 9.54. The van der Waals surface area contributed by atoms with Gasteiger partial charge in [0, 0.05) is 67.2 Å². The number of benzene rings is 1. The molecule has 10 nitrogen and oxygen atoms in total. The van der Waals surface area contributed by atoms with Gasteiger partial charge in [-0.2, -0.15) is 13.1 Å². The Balaban J connectivity index is 1.50. The van der Waals surface area contributed by atoms with Crippen LogP contribution in [0.25, 0.3) is 0 Å². The molecule has 36 heavy (non-hydrogen) atoms. The Morgan fingerprint density at radius 3 is 2.58 bits per heavy atom. The maximum absolute atomic E-state index is 13.2. The van der Waals surface area contributed by atoms with Crippen LogP contribution in [-0.4, -0.2) is 74.8 Å². The fraction of sp³-hybridized carbons (Fsp3) is 0.522. The topological polar surface area (TPSA) is 124 Å². The lowest BCUT2D eigenvalue weighted by atomic mass is 9.82. The number of nitrogens with one attached hydrogen (secondary N) is 3. The molecule has 1 aliphatic heterocycles. The lowest BCUT2D eigenvalue weighted by Crippen LogP contribution is -2.56. The van der Waals surface area contributed by atoms with Crippen LogP contribution in [0, 0.1) is 5.92 Å². The number of hydrogen-bond donors (Lipinski definition) is 3. The number of hydrogen-bond acceptors (Lipinski definition) is 7. The highest BCUT2D eigenvalue weighted by atomic mass is 35.5. The molecule has 0 spiro atoms. The van der Waals surface area contributed by atoms with Gasteiger partial charge in [-0.1, -0.05) is 11.6 Å². The van der Waals surface area contributed by atoms with Gasteiger partial charge in [0.2, 0.25) is 5.91 Å². The zero-order valence-corrected chi connectivity index (χ0v) is 22.8. The predicted molar refractivity (Wildman–Crippen MR) is 140 cm³/mol. The van der Waals surface area contributed by atoms with Crippen LogP contribution in [-0.2, 0) is 28.0 Å². The fourth-order valence-corrected chi connectivity index (χ4v) is 7.02. The van der Waals surface area contributed by atoms with Gasteiger partial charge in [0.25, 0.3) is 16.1 Å². The first-order chi connectivity index (χ1) is 17.0. The molecule has 13 heteroatoms. The molecule has 1 aliphatic carbocycles. The van der Waals surface area contributed by atoms with Crippen LogP contribution in [0.15, 0.2) is 24.3 Å². The third-order valence-electron chi connectivity index (χ3n) is 6.48. The molecule has 3 N–H and O–H groups in total. The number of carbonyl (C=O) groups excluding carboxylic acids is 2. The van der Waals surface area contributed by atoms with Crippen molar-refractivity contribution in [2.24, 2.45) is 5.92 Å². The van der Waals surface area contributed by atoms with Crippen molar-refractivity contribution in [3.63, 3.8) is 0 Å². The lowest BCUT2D eigenvalue weighted by Gasteiger charge is -2.36. The number of fused-ring (bicyclic) bond motifs is 1. The zero-order chi connectivity index (χ0) is 26.0. The summed E-state index contributed by atoms with van der Waals surface area (Å²) in [6.45, 7) is 1.64. The number of thiazole rings is 1. The van der Waals surface area contributed by atoms with Gasteiger partial charge in [0.1, 0.15) is 0 Å². The highest BCUT2D eigenvalue weighted by Gasteiger charge is 2.38. The maximum Gasteiger partial charge on any atom is 0.299 e. The van der Waals surface area contributed by atoms with Crippen LogP contribution >= 0.6 is 22.9 Å². The fourth-order valence-electron chi connectivity index (χ4n) is 4.61. The largest absolute Gasteiger partial charge is 0.349 e. The molecule has 196 valence electrons. The number of nitrogens with zero attached hydrogens (tertiary/aromatic N) is 3. The highest BCUT2D eigenvalue weighted by Crippen LogP contribution is 2.29. The number of halogens is 1. The van der Waals surface area contributed by atoms with Crippen molar-refractivity contribution in [1.29, 1.82) is 0 Å². The van der Waals surface area contributed by atoms with E-state index >= 15 is 0 Å². The van der Waals surface area contributed by atoms with Gasteiger partial charge < -0.3 is 15.1 Å². The maximum atomic E-state index is 13.2. The second kappa shape index (κ2) is 11.0. The highest BCUT2D eigenvalue weighted by molar-refractivity contribution is 7.90. The summed E-state index contributed by atoms with van der Waals surface area (Å²) in [4.78, 5) is 35.2. The standard InChI is InChI=1S/C23H31ClN6O4S2/c1-29(2)23(32)14-4-9-17(28-36(33,34)27-16-7-5-15(24)6-8-16)19(12-14)25-21(31)22-26-18-10-11-30(3)13-20(18)35-22/h5-8,14,17,19,27-28H,4,9-13H2,1-3H3,(H,25,31)/t14-,17-,19+/m0/s1. The smallest absolute Gasteiger partial charge is 0.299 e. The molecule has 2 heterocycles. The average Bonchev–Trinajstić information content (AvgIpc) is 3.24. The van der Waals surface area contributed by atoms with Crippen LogP contribution < -0.4 is 14.8 Å². The van der Waals surface area contributed by atoms with E-state index in [2.05, 4.69) is 24.6 Å². The molecule has 0 bridgehead atoms. The van der Waals surface area contributed by atoms with E-state index in [4.69, 9.17) is 11.6 Å². The van der Waals surface area contributed by atoms with E-state index < -0.39 is 22.3 Å². The minimum Gasteiger partial charge on any atom is -0.349 e. The molecule has 1 aromatic carbocycles. The van der Waals surface area contributed by atoms with E-state index in [1.54, 1.807) is 38.4 Å². The van der Waals surface area contributed by atoms with Crippen LogP contribution in [0.2, 0.25) is 5.02 Å². The Morgan fingerprint density at radius 2 is 1.89 bits per heavy atom. The third-order valence-corrected chi connectivity index (χ3v) is 8.93. The van der Waals surface area contributed by atoms with Gasteiger partial charge in [-0.05, 0) is 50.6 Å². The molecule has 0 radical (unpaired) electrons. The molecular weight excluding hydrogens is 524 g/mol. The van der Waals surface area contributed by atoms with Crippen molar-refractivity contribution in [3.8, 4) is 0 Å². The van der Waals surface area contributed by atoms with Crippen molar-refractivity contribution in [3.05, 3.63) is 44.9 Å². The summed E-state index contributed by atoms with van der Waals surface area (Å²) < 4.78 is 30.9. The first-order valence-corrected chi connectivity index (χ1v) is 14.4. The van der Waals surface area contributed by atoms with Crippen LogP contribution in [0.4, 0.5) is 5.69 Å². The number of likely N-dealkylation sites (N-methyl/N-ethyl adjacent to an activating group) is 1. The minimum absolute atomic E-state index is 0.0393. The Kier molecular flexibility index (Phi) is 8.20. The Hall–Kier alpha value is -2.25. The Labute approximate surface area is 220 Å². The molecule has 0 unspecified atom stereocenters. The summed E-state index contributed by atoms with van der Waals surface area (Å²) >= 11 is 7.25. The summed E-state index contributed by atoms with van der Waals surface area (Å²) in [5.41, 5.74) is 1.30. The molecule has 2 aliphatic rings. The van der Waals surface area contributed by atoms with Crippen LogP contribution in [0.1, 0.15) is 39.6 Å². The molecule has 1 saturated carbocycles. The van der Waals surface area contributed by atoms with Crippen molar-refractivity contribution in [1.82, 2.24) is 24.8 Å². The van der Waals surface area contributed by atoms with Crippen LogP contribution in [0.3, 0.4) is 0 Å². The van der Waals surface area contributed by atoms with E-state index in [-0.39, 0.29) is 17.7 Å². The predicted octanol–water partition coefficient (Wildman–Crippen LogP) is 2.09. The zero-order valence-electron chi connectivity index (χ0n) is 20.5. The third kappa shape index (κ3) is 6.54. The van der Waals surface area contributed by atoms with E-state index in [1.165, 1.54) is 16.2 Å². The van der Waals surface area contributed by atoms with E-state index in [1.807, 2.05) is 7.05 Å². The summed E-state index contributed by atoms with van der Waals surface area (Å²) in [7, 11) is 1.46. The number of rotatable bonds is 7. The number of amides is 2. The number of aromatic nitrogens is 1. The van der Waals surface area contributed by atoms with Gasteiger partial charge in [-0.25, -0.2) is 4.98 Å². The molecule has 1 aromatic heterocycles. The Bertz CT molecular complexity index is 1220. The molecule has 3 atom stereocenters. The van der Waals surface area contributed by atoms with E-state index in [0.717, 1.165) is 30.1 Å². The lowest BCUT2D eigenvalue weighted by molar-refractivity contribution is -0.134. The van der Waals surface area contributed by atoms with E-state index in [9.17, 15) is 18.0 Å². The van der Waals surface area contributed by atoms with Gasteiger partial charge >= 0.3 is 0 Å². The number of carbonyl (C=O) groups is 2. The summed E-state index contributed by atoms with van der Waals surface area (Å²) in [6.07, 6.45) is 2.02. The average molecular weight is 555 g/mol. The summed E-state index contributed by atoms with van der Waals surface area (Å²) in [5.74, 6) is -0.703. The summed E-state index contributed by atoms with van der Waals surface area (Å²) in [5, 5.41) is 3.83. The van der Waals surface area contributed by atoms with Gasteiger partial charge in [0.05, 0.1) is 5.69 Å². The molecule has 0 saturated heterocycles. The molecule has 1 fully saturated rings. The van der Waals surface area contributed by atoms with Crippen molar-refractivity contribution >= 4 is 50.6 Å². The molecule has 2 amide bonds. The van der Waals surface area contributed by atoms with E-state index in [0.29, 0.717) is 35.0 Å². The van der Waals surface area contributed by atoms with Crippen molar-refractivity contribution in [2.45, 2.75) is 44.3 Å². The minimum atomic E-state index is -3.95. The molecule has 2 aromatic rings. The summed E-state index contributed by atoms with van der Waals surface area (Å²) in [6, 6.07) is 5.14.